The van der Waals surface area contributed by atoms with E-state index in [9.17, 15) is 4.39 Å². The van der Waals surface area contributed by atoms with Gasteiger partial charge >= 0.3 is 0 Å². The number of nitrogens with two attached hydrogens (primary N) is 1. The zero-order chi connectivity index (χ0) is 10.8. The predicted octanol–water partition coefficient (Wildman–Crippen LogP) is 3.78. The molecule has 0 saturated heterocycles. The Kier molecular flexibility index (Phi) is 3.19. The number of thiophene rings is 1. The molecule has 0 aliphatic carbocycles. The first-order chi connectivity index (χ1) is 7.20. The van der Waals surface area contributed by atoms with Crippen molar-refractivity contribution in [3.8, 4) is 10.4 Å². The van der Waals surface area contributed by atoms with E-state index in [1.165, 1.54) is 17.4 Å². The first-order valence-electron chi connectivity index (χ1n) is 4.45. The summed E-state index contributed by atoms with van der Waals surface area (Å²) in [6.07, 6.45) is 0. The maximum Gasteiger partial charge on any atom is 0.131 e. The van der Waals surface area contributed by atoms with Gasteiger partial charge in [0.15, 0.2) is 0 Å². The summed E-state index contributed by atoms with van der Waals surface area (Å²) in [6, 6.07) is 8.76. The second kappa shape index (κ2) is 4.43. The first kappa shape index (κ1) is 10.8. The number of rotatable bonds is 2. The second-order valence-electron chi connectivity index (χ2n) is 3.09. The van der Waals surface area contributed by atoms with Crippen LogP contribution < -0.4 is 5.73 Å². The van der Waals surface area contributed by atoms with Crippen LogP contribution in [0, 0.1) is 5.82 Å². The van der Waals surface area contributed by atoms with Crippen LogP contribution in [-0.4, -0.2) is 0 Å². The molecule has 0 aliphatic rings. The lowest BCUT2D eigenvalue weighted by Gasteiger charge is -2.00. The summed E-state index contributed by atoms with van der Waals surface area (Å²) in [4.78, 5) is 1.97. The molecule has 0 bridgehead atoms. The molecule has 0 aliphatic heterocycles. The molecule has 4 heteroatoms. The Morgan fingerprint density at radius 2 is 2.07 bits per heavy atom. The average molecular weight is 286 g/mol. The van der Waals surface area contributed by atoms with Crippen molar-refractivity contribution in [2.75, 3.05) is 0 Å². The summed E-state index contributed by atoms with van der Waals surface area (Å²) in [7, 11) is 0. The summed E-state index contributed by atoms with van der Waals surface area (Å²) in [5.74, 6) is -0.205. The van der Waals surface area contributed by atoms with E-state index in [1.807, 2.05) is 12.1 Å². The molecule has 15 heavy (non-hydrogen) atoms. The fourth-order valence-corrected chi connectivity index (χ4v) is 2.58. The molecular weight excluding hydrogens is 277 g/mol. The van der Waals surface area contributed by atoms with Crippen molar-refractivity contribution in [3.63, 3.8) is 0 Å². The number of hydrogen-bond acceptors (Lipinski definition) is 2. The molecule has 1 aromatic heterocycles. The second-order valence-corrected chi connectivity index (χ2v) is 5.18. The number of benzene rings is 1. The molecule has 2 N–H and O–H groups in total. The van der Waals surface area contributed by atoms with Crippen LogP contribution in [0.3, 0.4) is 0 Å². The summed E-state index contributed by atoms with van der Waals surface area (Å²) >= 11 is 4.85. The lowest BCUT2D eigenvalue weighted by atomic mass is 10.2. The quantitative estimate of drug-likeness (QED) is 0.893. The fourth-order valence-electron chi connectivity index (χ4n) is 1.32. The Bertz CT molecular complexity index is 481. The maximum absolute atomic E-state index is 13.5. The molecule has 0 fully saturated rings. The Balaban J connectivity index is 2.48. The number of hydrogen-bond donors (Lipinski definition) is 1. The van der Waals surface area contributed by atoms with Crippen LogP contribution in [-0.2, 0) is 6.54 Å². The highest BCUT2D eigenvalue weighted by Crippen LogP contribution is 2.31. The first-order valence-corrected chi connectivity index (χ1v) is 6.06. The Morgan fingerprint density at radius 3 is 2.73 bits per heavy atom. The van der Waals surface area contributed by atoms with Crippen molar-refractivity contribution in [2.24, 2.45) is 5.73 Å². The highest BCUT2D eigenvalue weighted by Gasteiger charge is 2.07. The topological polar surface area (TPSA) is 26.0 Å². The summed E-state index contributed by atoms with van der Waals surface area (Å²) < 4.78 is 14.4. The minimum absolute atomic E-state index is 0.205. The van der Waals surface area contributed by atoms with Gasteiger partial charge < -0.3 is 5.73 Å². The molecule has 1 aromatic carbocycles. The standard InChI is InChI=1S/C11H9BrFNS/c12-7-1-3-10(13)9(5-7)11-4-2-8(6-14)15-11/h1-5H,6,14H2. The third-order valence-electron chi connectivity index (χ3n) is 2.06. The van der Waals surface area contributed by atoms with E-state index in [1.54, 1.807) is 12.1 Å². The van der Waals surface area contributed by atoms with Crippen molar-refractivity contribution in [1.82, 2.24) is 0 Å². The maximum atomic E-state index is 13.5. The van der Waals surface area contributed by atoms with Crippen molar-refractivity contribution >= 4 is 27.3 Å². The highest BCUT2D eigenvalue weighted by molar-refractivity contribution is 9.10. The van der Waals surface area contributed by atoms with Gasteiger partial charge in [-0.1, -0.05) is 15.9 Å². The minimum atomic E-state index is -0.205. The number of halogens is 2. The minimum Gasteiger partial charge on any atom is -0.326 e. The summed E-state index contributed by atoms with van der Waals surface area (Å²) in [6.45, 7) is 0.500. The van der Waals surface area contributed by atoms with E-state index >= 15 is 0 Å². The van der Waals surface area contributed by atoms with Crippen molar-refractivity contribution in [3.05, 3.63) is 45.5 Å². The van der Waals surface area contributed by atoms with E-state index in [0.29, 0.717) is 12.1 Å². The molecule has 0 atom stereocenters. The van der Waals surface area contributed by atoms with E-state index in [4.69, 9.17) is 5.73 Å². The van der Waals surface area contributed by atoms with Crippen LogP contribution >= 0.6 is 27.3 Å². The fraction of sp³-hybridized carbons (Fsp3) is 0.0909. The van der Waals surface area contributed by atoms with E-state index in [2.05, 4.69) is 15.9 Å². The van der Waals surface area contributed by atoms with Gasteiger partial charge in [-0.05, 0) is 30.3 Å². The van der Waals surface area contributed by atoms with E-state index in [-0.39, 0.29) is 5.82 Å². The zero-order valence-electron chi connectivity index (χ0n) is 7.84. The molecule has 0 amide bonds. The van der Waals surface area contributed by atoms with Gasteiger partial charge in [-0.3, -0.25) is 0 Å². The van der Waals surface area contributed by atoms with Gasteiger partial charge in [-0.15, -0.1) is 11.3 Å². The average Bonchev–Trinajstić information content (AvgIpc) is 2.70. The Labute approximate surface area is 99.9 Å². The van der Waals surface area contributed by atoms with Crippen LogP contribution in [0.25, 0.3) is 10.4 Å². The van der Waals surface area contributed by atoms with Crippen LogP contribution in [0.2, 0.25) is 0 Å². The van der Waals surface area contributed by atoms with Gasteiger partial charge in [0.1, 0.15) is 5.82 Å². The summed E-state index contributed by atoms with van der Waals surface area (Å²) in [5, 5.41) is 0. The van der Waals surface area contributed by atoms with Crippen molar-refractivity contribution in [2.45, 2.75) is 6.54 Å². The molecule has 2 rings (SSSR count). The van der Waals surface area contributed by atoms with Gasteiger partial charge in [-0.2, -0.15) is 0 Å². The lowest BCUT2D eigenvalue weighted by Crippen LogP contribution is -1.91. The van der Waals surface area contributed by atoms with Crippen molar-refractivity contribution in [1.29, 1.82) is 0 Å². The van der Waals surface area contributed by atoms with Crippen LogP contribution in [0.4, 0.5) is 4.39 Å². The Hall–Kier alpha value is -0.710. The molecule has 1 nitrogen and oxygen atoms in total. The highest BCUT2D eigenvalue weighted by atomic mass is 79.9. The zero-order valence-corrected chi connectivity index (χ0v) is 10.2. The molecule has 78 valence electrons. The third kappa shape index (κ3) is 2.27. The van der Waals surface area contributed by atoms with Gasteiger partial charge in [0.2, 0.25) is 0 Å². The molecular formula is C11H9BrFNS. The van der Waals surface area contributed by atoms with Crippen molar-refractivity contribution < 1.29 is 4.39 Å². The van der Waals surface area contributed by atoms with Gasteiger partial charge in [0, 0.05) is 26.3 Å². The molecule has 0 saturated carbocycles. The predicted molar refractivity (Wildman–Crippen MR) is 65.3 cm³/mol. The third-order valence-corrected chi connectivity index (χ3v) is 3.69. The SMILES string of the molecule is NCc1ccc(-c2cc(Br)ccc2F)s1. The van der Waals surface area contributed by atoms with Crippen LogP contribution in [0.5, 0.6) is 0 Å². The molecule has 0 spiro atoms. The summed E-state index contributed by atoms with van der Waals surface area (Å²) in [5.41, 5.74) is 6.14. The Morgan fingerprint density at radius 1 is 1.27 bits per heavy atom. The molecule has 2 aromatic rings. The van der Waals surface area contributed by atoms with Crippen LogP contribution in [0.15, 0.2) is 34.8 Å². The largest absolute Gasteiger partial charge is 0.326 e. The smallest absolute Gasteiger partial charge is 0.131 e. The molecule has 0 radical (unpaired) electrons. The van der Waals surface area contributed by atoms with Gasteiger partial charge in [0.25, 0.3) is 0 Å². The molecule has 0 unspecified atom stereocenters. The lowest BCUT2D eigenvalue weighted by molar-refractivity contribution is 0.631. The van der Waals surface area contributed by atoms with Crippen LogP contribution in [0.1, 0.15) is 4.88 Å². The monoisotopic (exact) mass is 285 g/mol. The van der Waals surface area contributed by atoms with E-state index < -0.39 is 0 Å². The normalized spacial score (nSPS) is 10.6. The van der Waals surface area contributed by atoms with E-state index in [0.717, 1.165) is 14.2 Å². The molecule has 1 heterocycles. The van der Waals surface area contributed by atoms with Gasteiger partial charge in [-0.25, -0.2) is 4.39 Å². The van der Waals surface area contributed by atoms with Gasteiger partial charge in [0.05, 0.1) is 0 Å².